The molecule has 2 aromatic carbocycles. The van der Waals surface area contributed by atoms with Gasteiger partial charge in [-0.25, -0.2) is 9.78 Å². The molecule has 224 valence electrons. The van der Waals surface area contributed by atoms with Crippen LogP contribution in [-0.2, 0) is 14.3 Å². The van der Waals surface area contributed by atoms with Crippen LogP contribution in [0.2, 0.25) is 0 Å². The number of rotatable bonds is 10. The van der Waals surface area contributed by atoms with Gasteiger partial charge in [0.25, 0.3) is 5.78 Å². The van der Waals surface area contributed by atoms with Crippen LogP contribution in [-0.4, -0.2) is 60.8 Å². The van der Waals surface area contributed by atoms with E-state index < -0.39 is 29.5 Å². The highest BCUT2D eigenvalue weighted by atomic mass is 32.1. The van der Waals surface area contributed by atoms with Gasteiger partial charge in [-0.15, -0.1) is 0 Å². The second kappa shape index (κ2) is 12.6. The maximum absolute atomic E-state index is 13.7. The average Bonchev–Trinajstić information content (AvgIpc) is 3.52. The number of fused-ring (bicyclic) bond motifs is 1. The SMILES string of the molecule is C=CCOC(=O)c1sc(N2C(=O)C(=O)/C(=C(/O)c3ccc4c(c3)OCCO4)[C@@H]2c2ccc(OCC)c(OCC)c2)nc1C. The van der Waals surface area contributed by atoms with Crippen molar-refractivity contribution in [3.63, 3.8) is 0 Å². The van der Waals surface area contributed by atoms with E-state index in [9.17, 15) is 19.5 Å². The number of ether oxygens (including phenoxy) is 5. The molecule has 1 atom stereocenters. The summed E-state index contributed by atoms with van der Waals surface area (Å²) < 4.78 is 27.9. The van der Waals surface area contributed by atoms with Crippen LogP contribution >= 0.6 is 11.3 Å². The van der Waals surface area contributed by atoms with Gasteiger partial charge in [0.2, 0.25) is 0 Å². The largest absolute Gasteiger partial charge is 0.507 e. The summed E-state index contributed by atoms with van der Waals surface area (Å²) in [4.78, 5) is 45.8. The first-order valence-electron chi connectivity index (χ1n) is 13.6. The number of anilines is 1. The summed E-state index contributed by atoms with van der Waals surface area (Å²) in [6.45, 7) is 10.3. The molecule has 43 heavy (non-hydrogen) atoms. The number of hydrogen-bond donors (Lipinski definition) is 1. The fraction of sp³-hybridized carbons (Fsp3) is 0.290. The number of Topliss-reactive ketones (excluding diaryl/α,β-unsaturated/α-hetero) is 1. The van der Waals surface area contributed by atoms with Gasteiger partial charge in [0.1, 0.15) is 30.5 Å². The summed E-state index contributed by atoms with van der Waals surface area (Å²) >= 11 is 0.910. The number of ketones is 1. The van der Waals surface area contributed by atoms with E-state index in [0.717, 1.165) is 11.3 Å². The quantitative estimate of drug-likeness (QED) is 0.111. The number of aliphatic hydroxyl groups is 1. The van der Waals surface area contributed by atoms with Crippen LogP contribution in [0.4, 0.5) is 5.13 Å². The van der Waals surface area contributed by atoms with E-state index in [1.165, 1.54) is 11.0 Å². The van der Waals surface area contributed by atoms with E-state index in [1.54, 1.807) is 43.3 Å². The number of carbonyl (C=O) groups is 3. The number of aryl methyl sites for hydroxylation is 1. The highest BCUT2D eigenvalue weighted by Crippen LogP contribution is 2.46. The number of aliphatic hydroxyl groups excluding tert-OH is 1. The molecule has 1 N–H and O–H groups in total. The van der Waals surface area contributed by atoms with Crippen molar-refractivity contribution in [1.82, 2.24) is 4.98 Å². The van der Waals surface area contributed by atoms with Crippen molar-refractivity contribution in [3.8, 4) is 23.0 Å². The van der Waals surface area contributed by atoms with Crippen LogP contribution in [0.15, 0.2) is 54.6 Å². The topological polar surface area (TPSA) is 134 Å². The van der Waals surface area contributed by atoms with Crippen LogP contribution in [0.25, 0.3) is 5.76 Å². The van der Waals surface area contributed by atoms with Gasteiger partial charge in [-0.3, -0.25) is 14.5 Å². The summed E-state index contributed by atoms with van der Waals surface area (Å²) in [5.74, 6) is -1.10. The van der Waals surface area contributed by atoms with Gasteiger partial charge in [-0.2, -0.15) is 0 Å². The van der Waals surface area contributed by atoms with Gasteiger partial charge in [-0.1, -0.05) is 30.1 Å². The minimum absolute atomic E-state index is 0.00205. The highest BCUT2D eigenvalue weighted by molar-refractivity contribution is 7.17. The molecule has 5 rings (SSSR count). The number of benzene rings is 2. The molecule has 0 spiro atoms. The second-order valence-corrected chi connectivity index (χ2v) is 10.4. The Morgan fingerprint density at radius 3 is 2.53 bits per heavy atom. The van der Waals surface area contributed by atoms with Crippen molar-refractivity contribution in [2.45, 2.75) is 26.8 Å². The molecule has 3 aromatic rings. The first kappa shape index (κ1) is 29.6. The predicted octanol–water partition coefficient (Wildman–Crippen LogP) is 4.99. The standard InChI is InChI=1S/C31H30N2O9S/c1-5-12-42-30(37)28-17(4)32-31(43-28)33-25(18-8-10-20(38-6-2)22(15-18)39-7-3)24(27(35)29(33)36)26(34)19-9-11-21-23(16-19)41-14-13-40-21/h5,8-11,15-16,25,34H,1,6-7,12-14H2,2-4H3/b26-24+/t25-/m0/s1. The third-order valence-corrected chi connectivity index (χ3v) is 7.79. The molecule has 1 aromatic heterocycles. The lowest BCUT2D eigenvalue weighted by Gasteiger charge is -2.24. The van der Waals surface area contributed by atoms with Crippen molar-refractivity contribution in [2.24, 2.45) is 0 Å². The molecule has 1 saturated heterocycles. The molecule has 0 aliphatic carbocycles. The van der Waals surface area contributed by atoms with Crippen LogP contribution < -0.4 is 23.8 Å². The Bertz CT molecular complexity index is 1630. The fourth-order valence-electron chi connectivity index (χ4n) is 4.80. The lowest BCUT2D eigenvalue weighted by Crippen LogP contribution is -2.29. The van der Waals surface area contributed by atoms with Crippen molar-refractivity contribution in [2.75, 3.05) is 37.9 Å². The lowest BCUT2D eigenvalue weighted by molar-refractivity contribution is -0.132. The van der Waals surface area contributed by atoms with E-state index in [4.69, 9.17) is 23.7 Å². The van der Waals surface area contributed by atoms with E-state index in [0.29, 0.717) is 60.7 Å². The normalized spacial score (nSPS) is 17.1. The molecule has 0 radical (unpaired) electrons. The van der Waals surface area contributed by atoms with Crippen molar-refractivity contribution >= 4 is 39.9 Å². The smallest absolute Gasteiger partial charge is 0.350 e. The molecule has 3 heterocycles. The molecule has 0 bridgehead atoms. The van der Waals surface area contributed by atoms with Gasteiger partial charge in [0.05, 0.1) is 30.5 Å². The van der Waals surface area contributed by atoms with Gasteiger partial charge in [-0.05, 0) is 56.7 Å². The first-order valence-corrected chi connectivity index (χ1v) is 14.5. The molecule has 0 saturated carbocycles. The first-order chi connectivity index (χ1) is 20.8. The van der Waals surface area contributed by atoms with E-state index in [2.05, 4.69) is 11.6 Å². The number of nitrogens with zero attached hydrogens (tertiary/aromatic N) is 2. The summed E-state index contributed by atoms with van der Waals surface area (Å²) in [7, 11) is 0. The lowest BCUT2D eigenvalue weighted by atomic mass is 9.95. The molecule has 1 amide bonds. The molecule has 0 unspecified atom stereocenters. The number of aromatic nitrogens is 1. The Morgan fingerprint density at radius 1 is 1.09 bits per heavy atom. The summed E-state index contributed by atoms with van der Waals surface area (Å²) in [5, 5.41) is 11.7. The Kier molecular flexibility index (Phi) is 8.67. The van der Waals surface area contributed by atoms with Gasteiger partial charge in [0, 0.05) is 5.56 Å². The van der Waals surface area contributed by atoms with Gasteiger partial charge < -0.3 is 28.8 Å². The third kappa shape index (κ3) is 5.65. The zero-order chi connectivity index (χ0) is 30.7. The van der Waals surface area contributed by atoms with Crippen LogP contribution in [0, 0.1) is 6.92 Å². The van der Waals surface area contributed by atoms with Gasteiger partial charge in [0.15, 0.2) is 28.1 Å². The number of carbonyl (C=O) groups excluding carboxylic acids is 3. The van der Waals surface area contributed by atoms with Crippen LogP contribution in [0.1, 0.15) is 46.4 Å². The molecule has 2 aliphatic rings. The summed E-state index contributed by atoms with van der Waals surface area (Å²) in [6.07, 6.45) is 1.44. The third-order valence-electron chi connectivity index (χ3n) is 6.65. The van der Waals surface area contributed by atoms with Crippen molar-refractivity contribution in [1.29, 1.82) is 0 Å². The number of esters is 1. The monoisotopic (exact) mass is 606 g/mol. The predicted molar refractivity (Wildman–Crippen MR) is 158 cm³/mol. The number of thiazole rings is 1. The van der Waals surface area contributed by atoms with E-state index in [1.807, 2.05) is 13.8 Å². The van der Waals surface area contributed by atoms with E-state index >= 15 is 0 Å². The van der Waals surface area contributed by atoms with Crippen LogP contribution in [0.5, 0.6) is 23.0 Å². The minimum Gasteiger partial charge on any atom is -0.507 e. The van der Waals surface area contributed by atoms with Crippen molar-refractivity contribution < 1.29 is 43.2 Å². The zero-order valence-electron chi connectivity index (χ0n) is 23.9. The minimum atomic E-state index is -1.12. The molecule has 11 nitrogen and oxygen atoms in total. The molecule has 12 heteroatoms. The van der Waals surface area contributed by atoms with Crippen LogP contribution in [0.3, 0.4) is 0 Å². The molecule has 2 aliphatic heterocycles. The Labute approximate surface area is 251 Å². The Morgan fingerprint density at radius 2 is 1.81 bits per heavy atom. The number of amides is 1. The molecular weight excluding hydrogens is 576 g/mol. The van der Waals surface area contributed by atoms with Crippen molar-refractivity contribution in [3.05, 3.63) is 76.3 Å². The average molecular weight is 607 g/mol. The number of hydrogen-bond acceptors (Lipinski definition) is 11. The summed E-state index contributed by atoms with van der Waals surface area (Å²) in [6, 6.07) is 8.68. The highest BCUT2D eigenvalue weighted by Gasteiger charge is 2.48. The second-order valence-electron chi connectivity index (χ2n) is 9.40. The maximum atomic E-state index is 13.7. The van der Waals surface area contributed by atoms with Gasteiger partial charge >= 0.3 is 11.9 Å². The molecular formula is C31H30N2O9S. The maximum Gasteiger partial charge on any atom is 0.350 e. The fourth-order valence-corrected chi connectivity index (χ4v) is 5.79. The molecule has 1 fully saturated rings. The Hall–Kier alpha value is -4.84. The Balaban J connectivity index is 1.68. The van der Waals surface area contributed by atoms with E-state index in [-0.39, 0.29) is 27.8 Å². The summed E-state index contributed by atoms with van der Waals surface area (Å²) in [5.41, 5.74) is 0.862. The zero-order valence-corrected chi connectivity index (χ0v) is 24.7.